The minimum Gasteiger partial charge on any atom is -0.461 e. The molecule has 1 saturated carbocycles. The van der Waals surface area contributed by atoms with Gasteiger partial charge in [-0.05, 0) is 31.5 Å². The Morgan fingerprint density at radius 1 is 1.12 bits per heavy atom. The lowest BCUT2D eigenvalue weighted by Crippen LogP contribution is -2.64. The first kappa shape index (κ1) is 31.6. The number of halogens is 5. The molecule has 7 heterocycles. The van der Waals surface area contributed by atoms with Crippen LogP contribution in [-0.4, -0.2) is 114 Å². The third kappa shape index (κ3) is 4.75. The van der Waals surface area contributed by atoms with Crippen molar-refractivity contribution in [1.29, 1.82) is 0 Å². The van der Waals surface area contributed by atoms with Crippen molar-refractivity contribution in [3.05, 3.63) is 29.2 Å². The van der Waals surface area contributed by atoms with Crippen LogP contribution in [0.3, 0.4) is 0 Å². The van der Waals surface area contributed by atoms with E-state index in [9.17, 15) is 26.0 Å². The van der Waals surface area contributed by atoms with Gasteiger partial charge in [0, 0.05) is 38.0 Å². The highest BCUT2D eigenvalue weighted by Crippen LogP contribution is 2.56. The molecular weight excluding hydrogens is 696 g/mol. The van der Waals surface area contributed by atoms with Crippen LogP contribution in [0.4, 0.5) is 32.9 Å². The van der Waals surface area contributed by atoms with E-state index in [1.165, 1.54) is 0 Å². The average molecular weight is 727 g/mol. The number of alkyl halides is 3. The molecule has 1 aromatic carbocycles. The molecule has 5 fully saturated rings. The van der Waals surface area contributed by atoms with Crippen LogP contribution >= 0.6 is 11.3 Å². The molecule has 0 radical (unpaired) electrons. The van der Waals surface area contributed by atoms with Crippen molar-refractivity contribution in [3.63, 3.8) is 0 Å². The van der Waals surface area contributed by atoms with Crippen molar-refractivity contribution in [3.8, 4) is 6.01 Å². The SMILES string of the molecule is Nc1nc2c(C3=C(F)c4nc(OC[C@@]56CCCN5C[C@H](F)C6)nc(N5C6CNCC5COC6)c4S(=O)(=O)N3C3CC3(F)F)ccc(F)c2s1. The van der Waals surface area contributed by atoms with Crippen LogP contribution in [0.15, 0.2) is 17.0 Å². The molecule has 0 spiro atoms. The van der Waals surface area contributed by atoms with E-state index in [-0.39, 0.29) is 65.5 Å². The van der Waals surface area contributed by atoms with E-state index < -0.39 is 80.1 Å². The summed E-state index contributed by atoms with van der Waals surface area (Å²) in [4.78, 5) is 16.0. The molecule has 3 unspecified atom stereocenters. The summed E-state index contributed by atoms with van der Waals surface area (Å²) in [6.07, 6.45) is -0.168. The van der Waals surface area contributed by atoms with Gasteiger partial charge in [-0.3, -0.25) is 9.21 Å². The highest BCUT2D eigenvalue weighted by atomic mass is 32.2. The zero-order chi connectivity index (χ0) is 34.0. The minimum atomic E-state index is -5.01. The molecule has 5 aliphatic heterocycles. The monoisotopic (exact) mass is 726 g/mol. The van der Waals surface area contributed by atoms with Crippen molar-refractivity contribution >= 4 is 54.1 Å². The molecule has 3 aromatic rings. The fraction of sp³-hybridized carbons (Fsp3) is 0.567. The number of benzene rings is 1. The molecule has 9 rings (SSSR count). The molecular formula is C30H31F5N8O4S2. The van der Waals surface area contributed by atoms with Gasteiger partial charge in [-0.15, -0.1) is 0 Å². The summed E-state index contributed by atoms with van der Waals surface area (Å²) < 4.78 is 118. The van der Waals surface area contributed by atoms with Gasteiger partial charge in [0.2, 0.25) is 0 Å². The van der Waals surface area contributed by atoms with E-state index in [0.29, 0.717) is 30.4 Å². The molecule has 2 aromatic heterocycles. The molecule has 4 saturated heterocycles. The first-order chi connectivity index (χ1) is 23.4. The summed E-state index contributed by atoms with van der Waals surface area (Å²) in [5.74, 6) is -5.66. The maximum Gasteiger partial charge on any atom is 0.319 e. The van der Waals surface area contributed by atoms with Crippen molar-refractivity contribution < 1.29 is 39.8 Å². The van der Waals surface area contributed by atoms with Gasteiger partial charge < -0.3 is 25.4 Å². The summed E-state index contributed by atoms with van der Waals surface area (Å²) in [6.45, 7) is 2.09. The zero-order valence-electron chi connectivity index (χ0n) is 25.8. The Bertz CT molecular complexity index is 2010. The molecule has 2 bridgehead atoms. The van der Waals surface area contributed by atoms with Crippen LogP contribution in [-0.2, 0) is 14.8 Å². The van der Waals surface area contributed by atoms with E-state index in [4.69, 9.17) is 15.2 Å². The molecule has 12 nitrogen and oxygen atoms in total. The lowest BCUT2D eigenvalue weighted by atomic mass is 9.95. The fourth-order valence-corrected chi connectivity index (χ4v) is 10.9. The Labute approximate surface area is 281 Å². The zero-order valence-corrected chi connectivity index (χ0v) is 27.5. The van der Waals surface area contributed by atoms with Crippen LogP contribution in [0.2, 0.25) is 0 Å². The third-order valence-corrected chi connectivity index (χ3v) is 13.2. The molecule has 19 heteroatoms. The largest absolute Gasteiger partial charge is 0.461 e. The van der Waals surface area contributed by atoms with E-state index in [0.717, 1.165) is 29.9 Å². The number of nitrogens with one attached hydrogen (secondary N) is 1. The number of aromatic nitrogens is 3. The summed E-state index contributed by atoms with van der Waals surface area (Å²) in [7, 11) is -5.01. The van der Waals surface area contributed by atoms with Crippen molar-refractivity contribution in [2.45, 2.75) is 66.3 Å². The number of rotatable bonds is 6. The number of nitrogens with two attached hydrogens (primary N) is 1. The number of thiazole rings is 1. The molecule has 262 valence electrons. The molecule has 3 N–H and O–H groups in total. The van der Waals surface area contributed by atoms with Gasteiger partial charge in [0.1, 0.15) is 30.3 Å². The van der Waals surface area contributed by atoms with Crippen molar-refractivity contribution in [2.75, 3.05) is 56.6 Å². The van der Waals surface area contributed by atoms with E-state index >= 15 is 4.39 Å². The maximum absolute atomic E-state index is 17.3. The maximum atomic E-state index is 17.3. The number of sulfonamides is 1. The quantitative estimate of drug-likeness (QED) is 0.363. The Morgan fingerprint density at radius 2 is 1.88 bits per heavy atom. The van der Waals surface area contributed by atoms with Gasteiger partial charge in [0.25, 0.3) is 15.9 Å². The van der Waals surface area contributed by atoms with Crippen LogP contribution in [0.5, 0.6) is 6.01 Å². The second-order valence-electron chi connectivity index (χ2n) is 13.6. The Balaban J connectivity index is 1.27. The van der Waals surface area contributed by atoms with E-state index in [1.54, 1.807) is 4.90 Å². The Kier molecular flexibility index (Phi) is 6.96. The van der Waals surface area contributed by atoms with Crippen LogP contribution in [0.25, 0.3) is 21.7 Å². The third-order valence-electron chi connectivity index (χ3n) is 10.5. The topological polar surface area (TPSA) is 139 Å². The number of morpholine rings is 1. The van der Waals surface area contributed by atoms with E-state index in [2.05, 4.69) is 20.3 Å². The molecule has 0 amide bonds. The number of nitrogen functional groups attached to an aromatic ring is 1. The summed E-state index contributed by atoms with van der Waals surface area (Å²) in [5.41, 5.74) is 3.40. The first-order valence-electron chi connectivity index (χ1n) is 16.1. The average Bonchev–Trinajstić information content (AvgIpc) is 3.34. The summed E-state index contributed by atoms with van der Waals surface area (Å²) >= 11 is 0.757. The predicted octanol–water partition coefficient (Wildman–Crippen LogP) is 3.15. The molecule has 5 atom stereocenters. The number of hydrogen-bond donors (Lipinski definition) is 2. The first-order valence-corrected chi connectivity index (χ1v) is 18.3. The normalized spacial score (nSPS) is 31.7. The number of hydrogen-bond acceptors (Lipinski definition) is 12. The van der Waals surface area contributed by atoms with Crippen molar-refractivity contribution in [2.24, 2.45) is 0 Å². The fourth-order valence-electron chi connectivity index (χ4n) is 8.19. The van der Waals surface area contributed by atoms with Crippen LogP contribution in [0.1, 0.15) is 36.9 Å². The van der Waals surface area contributed by atoms with Gasteiger partial charge in [0.15, 0.2) is 21.7 Å². The molecule has 6 aliphatic rings. The number of fused-ring (bicyclic) bond motifs is 5. The highest BCUT2D eigenvalue weighted by molar-refractivity contribution is 7.89. The highest BCUT2D eigenvalue weighted by Gasteiger charge is 2.66. The number of nitrogens with zero attached hydrogens (tertiary/aromatic N) is 6. The van der Waals surface area contributed by atoms with Crippen LogP contribution in [0, 0.1) is 5.82 Å². The Morgan fingerprint density at radius 3 is 2.61 bits per heavy atom. The van der Waals surface area contributed by atoms with Gasteiger partial charge in [-0.25, -0.2) is 35.4 Å². The molecule has 1 aliphatic carbocycles. The van der Waals surface area contributed by atoms with Gasteiger partial charge in [-0.2, -0.15) is 9.97 Å². The molecule has 49 heavy (non-hydrogen) atoms. The van der Waals surface area contributed by atoms with Gasteiger partial charge >= 0.3 is 6.01 Å². The van der Waals surface area contributed by atoms with E-state index in [1.807, 2.05) is 4.90 Å². The minimum absolute atomic E-state index is 0.0226. The van der Waals surface area contributed by atoms with Crippen LogP contribution < -0.4 is 20.7 Å². The summed E-state index contributed by atoms with van der Waals surface area (Å²) in [6, 6.07) is -1.06. The lowest BCUT2D eigenvalue weighted by Gasteiger charge is -2.47. The smallest absolute Gasteiger partial charge is 0.319 e. The number of ether oxygens (including phenoxy) is 2. The number of piperazine rings is 1. The lowest BCUT2D eigenvalue weighted by molar-refractivity contribution is 0.0516. The predicted molar refractivity (Wildman–Crippen MR) is 169 cm³/mol. The van der Waals surface area contributed by atoms with Crippen molar-refractivity contribution in [1.82, 2.24) is 29.5 Å². The standard InChI is InChI=1S/C30H31F5N8O4S2/c31-14-6-29(4-1-5-41(29)10-14)13-47-28-39-22-20(33)23(17-2-3-18(32)24-21(17)38-27(36)48-24)43(19-7-30(19,34)35)49(44,45)25(22)26(40-28)42-15-8-37-9-16(42)12-46-11-15/h2-3,14-16,19,37H,1,4-13H2,(H2,36,38)/t14-,15?,16?,19?,29+/m1/s1. The number of anilines is 2. The second-order valence-corrected chi connectivity index (χ2v) is 16.3. The van der Waals surface area contributed by atoms with Gasteiger partial charge in [0.05, 0.1) is 46.8 Å². The second kappa shape index (κ2) is 10.8. The Hall–Kier alpha value is -3.39. The van der Waals surface area contributed by atoms with Gasteiger partial charge in [-0.1, -0.05) is 11.3 Å². The summed E-state index contributed by atoms with van der Waals surface area (Å²) in [5, 5.41) is 3.19.